The summed E-state index contributed by atoms with van der Waals surface area (Å²) in [6, 6.07) is -4.36. The van der Waals surface area contributed by atoms with E-state index in [2.05, 4.69) is 0 Å². The van der Waals surface area contributed by atoms with Crippen LogP contribution in [0.5, 0.6) is 0 Å². The third-order valence-corrected chi connectivity index (χ3v) is 5.23. The molecule has 0 radical (unpaired) electrons. The summed E-state index contributed by atoms with van der Waals surface area (Å²) in [4.78, 5) is 0. The van der Waals surface area contributed by atoms with Crippen molar-refractivity contribution < 1.29 is 79.0 Å². The van der Waals surface area contributed by atoms with Gasteiger partial charge in [0.2, 0.25) is 5.41 Å². The first-order valence-electron chi connectivity index (χ1n) is 9.29. The highest BCUT2D eigenvalue weighted by Gasteiger charge is 2.73. The first-order chi connectivity index (χ1) is 17.0. The molecule has 220 valence electrons. The van der Waals surface area contributed by atoms with E-state index in [0.717, 1.165) is 0 Å². The van der Waals surface area contributed by atoms with Gasteiger partial charge in [-0.05, 0) is 35.4 Å². The normalized spacial score (nSPS) is 14.6. The highest BCUT2D eigenvalue weighted by Crippen LogP contribution is 2.59. The lowest BCUT2D eigenvalue weighted by atomic mass is 9.71. The van der Waals surface area contributed by atoms with Gasteiger partial charge >= 0.3 is 37.1 Å². The average molecular weight is 606 g/mol. The molecule has 0 heterocycles. The Morgan fingerprint density at radius 2 is 0.641 bits per heavy atom. The number of anilines is 2. The molecule has 0 bridgehead atoms. The lowest BCUT2D eigenvalue weighted by Gasteiger charge is -2.39. The van der Waals surface area contributed by atoms with Crippen LogP contribution in [0.25, 0.3) is 0 Å². The molecule has 2 aromatic rings. The largest absolute Gasteiger partial charge is 0.418 e. The minimum absolute atomic E-state index is 0.875. The van der Waals surface area contributed by atoms with Crippen LogP contribution < -0.4 is 11.5 Å². The molecule has 0 amide bonds. The summed E-state index contributed by atoms with van der Waals surface area (Å²) in [5, 5.41) is 0. The Morgan fingerprint density at radius 3 is 0.821 bits per heavy atom. The van der Waals surface area contributed by atoms with E-state index in [1.165, 1.54) is 0 Å². The standard InChI is InChI=1S/C19H8F18N2/c20-14(21,22)7-1-5(3-9(38)11(7)16(26,27)28)13(18(32,33)34,19(35,36)37)6-2-8(15(23,24)25)12(10(39)4-6)17(29,30)31/h1-4H,38-39H2. The Labute approximate surface area is 203 Å². The van der Waals surface area contributed by atoms with Gasteiger partial charge in [-0.2, -0.15) is 79.0 Å². The fourth-order valence-electron chi connectivity index (χ4n) is 3.82. The Bertz CT molecular complexity index is 1140. The van der Waals surface area contributed by atoms with Crippen LogP contribution in [-0.4, -0.2) is 12.4 Å². The number of hydrogen-bond donors (Lipinski definition) is 2. The lowest BCUT2D eigenvalue weighted by molar-refractivity contribution is -0.288. The topological polar surface area (TPSA) is 52.0 Å². The molecule has 0 atom stereocenters. The van der Waals surface area contributed by atoms with Crippen LogP contribution in [0.15, 0.2) is 24.3 Å². The number of benzene rings is 2. The molecule has 0 aliphatic rings. The number of halogens is 18. The van der Waals surface area contributed by atoms with E-state index in [4.69, 9.17) is 11.5 Å². The van der Waals surface area contributed by atoms with Gasteiger partial charge in [-0.15, -0.1) is 0 Å². The van der Waals surface area contributed by atoms with Gasteiger partial charge in [-0.1, -0.05) is 0 Å². The predicted molar refractivity (Wildman–Crippen MR) is 94.6 cm³/mol. The van der Waals surface area contributed by atoms with Crippen LogP contribution in [-0.2, 0) is 30.1 Å². The van der Waals surface area contributed by atoms with Gasteiger partial charge < -0.3 is 11.5 Å². The first kappa shape index (κ1) is 32.0. The lowest BCUT2D eigenvalue weighted by Crippen LogP contribution is -2.55. The summed E-state index contributed by atoms with van der Waals surface area (Å²) < 4.78 is 245. The average Bonchev–Trinajstić information content (AvgIpc) is 2.61. The summed E-state index contributed by atoms with van der Waals surface area (Å²) >= 11 is 0. The zero-order chi connectivity index (χ0) is 30.9. The van der Waals surface area contributed by atoms with Crippen LogP contribution in [0.1, 0.15) is 33.4 Å². The van der Waals surface area contributed by atoms with Crippen molar-refractivity contribution in [2.45, 2.75) is 42.5 Å². The zero-order valence-corrected chi connectivity index (χ0v) is 17.8. The van der Waals surface area contributed by atoms with Crippen LogP contribution >= 0.6 is 0 Å². The Morgan fingerprint density at radius 1 is 0.385 bits per heavy atom. The number of nitrogen functional groups attached to an aromatic ring is 2. The van der Waals surface area contributed by atoms with Crippen molar-refractivity contribution in [1.82, 2.24) is 0 Å². The van der Waals surface area contributed by atoms with Crippen molar-refractivity contribution >= 4 is 11.4 Å². The second kappa shape index (κ2) is 8.90. The molecule has 0 aliphatic carbocycles. The number of hydrogen-bond acceptors (Lipinski definition) is 2. The van der Waals surface area contributed by atoms with E-state index in [-0.39, 0.29) is 0 Å². The smallest absolute Gasteiger partial charge is 0.398 e. The Hall–Kier alpha value is -3.22. The quantitative estimate of drug-likeness (QED) is 0.267. The van der Waals surface area contributed by atoms with Gasteiger partial charge in [-0.3, -0.25) is 0 Å². The van der Waals surface area contributed by atoms with E-state index < -0.39 is 111 Å². The highest BCUT2D eigenvalue weighted by molar-refractivity contribution is 5.63. The number of alkyl halides is 18. The van der Waals surface area contributed by atoms with Crippen molar-refractivity contribution in [3.8, 4) is 0 Å². The molecule has 2 aromatic carbocycles. The van der Waals surface area contributed by atoms with Crippen molar-refractivity contribution in [1.29, 1.82) is 0 Å². The van der Waals surface area contributed by atoms with E-state index in [1.807, 2.05) is 0 Å². The molecule has 4 N–H and O–H groups in total. The molecule has 0 aromatic heterocycles. The van der Waals surface area contributed by atoms with Gasteiger partial charge in [0.15, 0.2) is 0 Å². The van der Waals surface area contributed by atoms with Crippen molar-refractivity contribution in [3.05, 3.63) is 57.6 Å². The number of rotatable bonds is 2. The van der Waals surface area contributed by atoms with Gasteiger partial charge in [0.25, 0.3) is 0 Å². The molecule has 39 heavy (non-hydrogen) atoms. The van der Waals surface area contributed by atoms with E-state index in [9.17, 15) is 79.0 Å². The van der Waals surface area contributed by atoms with Crippen LogP contribution in [0, 0.1) is 0 Å². The summed E-state index contributed by atoms with van der Waals surface area (Å²) in [6.07, 6.45) is -39.0. The molecular formula is C19H8F18N2. The Kier molecular flexibility index (Phi) is 7.30. The molecule has 2 rings (SSSR count). The van der Waals surface area contributed by atoms with Crippen LogP contribution in [0.4, 0.5) is 90.4 Å². The first-order valence-corrected chi connectivity index (χ1v) is 9.29. The van der Waals surface area contributed by atoms with E-state index >= 15 is 0 Å². The molecule has 0 spiro atoms. The number of nitrogens with two attached hydrogens (primary N) is 2. The molecule has 20 heteroatoms. The molecule has 0 aliphatic heterocycles. The van der Waals surface area contributed by atoms with Gasteiger partial charge in [0, 0.05) is 11.4 Å². The fraction of sp³-hybridized carbons (Fsp3) is 0.368. The third-order valence-electron chi connectivity index (χ3n) is 5.23. The maximum Gasteiger partial charge on any atom is 0.418 e. The van der Waals surface area contributed by atoms with Gasteiger partial charge in [0.1, 0.15) is 0 Å². The zero-order valence-electron chi connectivity index (χ0n) is 17.8. The molecule has 0 fully saturated rings. The van der Waals surface area contributed by atoms with Crippen LogP contribution in [0.3, 0.4) is 0 Å². The van der Waals surface area contributed by atoms with Gasteiger partial charge in [0.05, 0.1) is 22.3 Å². The van der Waals surface area contributed by atoms with E-state index in [1.54, 1.807) is 0 Å². The molecule has 2 nitrogen and oxygen atoms in total. The summed E-state index contributed by atoms with van der Waals surface area (Å²) in [7, 11) is 0. The van der Waals surface area contributed by atoms with E-state index in [0.29, 0.717) is 0 Å². The molecule has 0 saturated carbocycles. The SMILES string of the molecule is Nc1cc(C(c2cc(N)c(C(F)(F)F)c(C(F)(F)F)c2)(C(F)(F)F)C(F)(F)F)cc(C(F)(F)F)c1C(F)(F)F. The summed E-state index contributed by atoms with van der Waals surface area (Å²) in [6.45, 7) is 0. The van der Waals surface area contributed by atoms with Gasteiger partial charge in [-0.25, -0.2) is 0 Å². The maximum absolute atomic E-state index is 14.2. The second-order valence-electron chi connectivity index (χ2n) is 7.71. The molecular weight excluding hydrogens is 598 g/mol. The van der Waals surface area contributed by atoms with Crippen LogP contribution in [0.2, 0.25) is 0 Å². The summed E-state index contributed by atoms with van der Waals surface area (Å²) in [5.41, 5.74) is -19.2. The Balaban J connectivity index is 3.31. The monoisotopic (exact) mass is 606 g/mol. The van der Waals surface area contributed by atoms with Crippen molar-refractivity contribution in [2.24, 2.45) is 0 Å². The highest BCUT2D eigenvalue weighted by atomic mass is 19.4. The molecule has 0 saturated heterocycles. The minimum Gasteiger partial charge on any atom is -0.398 e. The molecule has 0 unspecified atom stereocenters. The fourth-order valence-corrected chi connectivity index (χ4v) is 3.82. The minimum atomic E-state index is -7.06. The van der Waals surface area contributed by atoms with Crippen molar-refractivity contribution in [2.75, 3.05) is 11.5 Å². The summed E-state index contributed by atoms with van der Waals surface area (Å²) in [5.74, 6) is 0. The van der Waals surface area contributed by atoms with Crippen molar-refractivity contribution in [3.63, 3.8) is 0 Å². The predicted octanol–water partition coefficient (Wildman–Crippen LogP) is 8.34. The third kappa shape index (κ3) is 5.45. The maximum atomic E-state index is 14.2. The second-order valence-corrected chi connectivity index (χ2v) is 7.71.